The third-order valence-corrected chi connectivity index (χ3v) is 6.67. The van der Waals surface area contributed by atoms with Gasteiger partial charge >= 0.3 is 6.18 Å². The Morgan fingerprint density at radius 2 is 1.93 bits per heavy atom. The number of hydrogen-bond donors (Lipinski definition) is 2. The Morgan fingerprint density at radius 1 is 1.17 bits per heavy atom. The van der Waals surface area contributed by atoms with E-state index in [9.17, 15) is 22.8 Å². The van der Waals surface area contributed by atoms with Crippen LogP contribution >= 0.6 is 11.6 Å². The van der Waals surface area contributed by atoms with Crippen LogP contribution in [0.3, 0.4) is 0 Å². The number of aromatic amines is 1. The molecular weight excluding hydrogens is 565 g/mol. The minimum atomic E-state index is -4.62. The standard InChI is InChI=1S/C28H28ClF3N4O5/c1-15(39-3)9-20(26(37)34-18-6-7-21-16(10-18)13-36(2)35-21)25-24(23(40-4)12-33-27(25)38)19-11-17(29)5-8-22(19)41-14-28(30,31)32/h5-8,10-13,15,20H,9,14H2,1-4H3,(H,33,38)(H,34,37)/t15-,20?/m0/s1. The minimum absolute atomic E-state index is 0.0488. The number of anilines is 1. The fraction of sp³-hybridized carbons (Fsp3) is 0.321. The number of ether oxygens (including phenoxy) is 3. The summed E-state index contributed by atoms with van der Waals surface area (Å²) in [6, 6.07) is 9.16. The van der Waals surface area contributed by atoms with Gasteiger partial charge in [-0.1, -0.05) is 11.6 Å². The van der Waals surface area contributed by atoms with Crippen LogP contribution in [0.1, 0.15) is 24.8 Å². The van der Waals surface area contributed by atoms with E-state index in [-0.39, 0.29) is 39.6 Å². The Balaban J connectivity index is 1.87. The number of H-pyrrole nitrogens is 1. The summed E-state index contributed by atoms with van der Waals surface area (Å²) in [5.41, 5.74) is 0.625. The minimum Gasteiger partial charge on any atom is -0.495 e. The van der Waals surface area contributed by atoms with Crippen molar-refractivity contribution >= 4 is 34.1 Å². The molecule has 0 saturated carbocycles. The fourth-order valence-corrected chi connectivity index (χ4v) is 4.69. The number of nitrogens with one attached hydrogen (secondary N) is 2. The van der Waals surface area contributed by atoms with Crippen LogP contribution in [0.15, 0.2) is 53.6 Å². The first kappa shape index (κ1) is 29.9. The van der Waals surface area contributed by atoms with Crippen LogP contribution in [-0.4, -0.2) is 53.8 Å². The molecular formula is C28H28ClF3N4O5. The molecule has 9 nitrogen and oxygen atoms in total. The number of hydrogen-bond acceptors (Lipinski definition) is 6. The van der Waals surface area contributed by atoms with Crippen molar-refractivity contribution < 1.29 is 32.2 Å². The Hall–Kier alpha value is -4.03. The molecule has 0 aliphatic carbocycles. The maximum absolute atomic E-state index is 13.9. The number of halogens is 4. The zero-order chi connectivity index (χ0) is 29.9. The van der Waals surface area contributed by atoms with Gasteiger partial charge in [0.1, 0.15) is 11.5 Å². The number of amides is 1. The van der Waals surface area contributed by atoms with Gasteiger partial charge in [-0.3, -0.25) is 14.3 Å². The Kier molecular flexibility index (Phi) is 8.93. The van der Waals surface area contributed by atoms with Crippen LogP contribution < -0.4 is 20.3 Å². The third kappa shape index (κ3) is 7.01. The number of rotatable bonds is 10. The van der Waals surface area contributed by atoms with Crippen molar-refractivity contribution in [3.05, 3.63) is 69.7 Å². The summed E-state index contributed by atoms with van der Waals surface area (Å²) in [7, 11) is 4.57. The zero-order valence-electron chi connectivity index (χ0n) is 22.6. The first-order valence-electron chi connectivity index (χ1n) is 12.5. The summed E-state index contributed by atoms with van der Waals surface area (Å²) in [5, 5.41) is 8.14. The summed E-state index contributed by atoms with van der Waals surface area (Å²) >= 11 is 6.24. The largest absolute Gasteiger partial charge is 0.495 e. The van der Waals surface area contributed by atoms with Crippen molar-refractivity contribution in [1.82, 2.24) is 14.8 Å². The van der Waals surface area contributed by atoms with E-state index in [0.29, 0.717) is 5.69 Å². The molecule has 41 heavy (non-hydrogen) atoms. The lowest BCUT2D eigenvalue weighted by atomic mass is 9.86. The molecule has 0 aliphatic rings. The van der Waals surface area contributed by atoms with Gasteiger partial charge in [-0.05, 0) is 49.7 Å². The molecule has 1 amide bonds. The summed E-state index contributed by atoms with van der Waals surface area (Å²) in [6.07, 6.45) is -1.99. The molecule has 0 aliphatic heterocycles. The molecule has 2 heterocycles. The van der Waals surface area contributed by atoms with Gasteiger partial charge in [0.15, 0.2) is 6.61 Å². The summed E-state index contributed by atoms with van der Waals surface area (Å²) < 4.78 is 56.9. The van der Waals surface area contributed by atoms with Gasteiger partial charge in [0, 0.05) is 59.3 Å². The number of benzene rings is 2. The monoisotopic (exact) mass is 592 g/mol. The van der Waals surface area contributed by atoms with E-state index in [4.69, 9.17) is 25.8 Å². The SMILES string of the molecule is COc1c[nH]c(=O)c(C(C[C@H](C)OC)C(=O)Nc2ccc3nn(C)cc3c2)c1-c1cc(Cl)ccc1OCC(F)(F)F. The number of carbonyl (C=O) groups is 1. The highest BCUT2D eigenvalue weighted by Gasteiger charge is 2.33. The second-order valence-electron chi connectivity index (χ2n) is 9.42. The number of methoxy groups -OCH3 is 2. The Bertz CT molecular complexity index is 1620. The summed E-state index contributed by atoms with van der Waals surface area (Å²) in [6.45, 7) is 0.150. The lowest BCUT2D eigenvalue weighted by Crippen LogP contribution is -2.30. The average molecular weight is 593 g/mol. The number of carbonyl (C=O) groups excluding carboxylic acids is 1. The van der Waals surface area contributed by atoms with Crippen LogP contribution in [0.2, 0.25) is 5.02 Å². The van der Waals surface area contributed by atoms with E-state index in [1.807, 2.05) is 0 Å². The van der Waals surface area contributed by atoms with E-state index < -0.39 is 36.3 Å². The normalized spacial score (nSPS) is 13.2. The van der Waals surface area contributed by atoms with Crippen molar-refractivity contribution in [2.75, 3.05) is 26.1 Å². The van der Waals surface area contributed by atoms with Crippen LogP contribution in [0.4, 0.5) is 18.9 Å². The molecule has 2 atom stereocenters. The summed E-state index contributed by atoms with van der Waals surface area (Å²) in [4.78, 5) is 29.9. The van der Waals surface area contributed by atoms with E-state index in [1.54, 1.807) is 43.0 Å². The number of pyridine rings is 1. The first-order valence-corrected chi connectivity index (χ1v) is 12.8. The van der Waals surface area contributed by atoms with Crippen molar-refractivity contribution in [1.29, 1.82) is 0 Å². The van der Waals surface area contributed by atoms with Crippen molar-refractivity contribution in [2.45, 2.75) is 31.5 Å². The maximum Gasteiger partial charge on any atom is 0.422 e. The van der Waals surface area contributed by atoms with E-state index in [1.165, 1.54) is 38.6 Å². The molecule has 0 bridgehead atoms. The number of alkyl halides is 3. The fourth-order valence-electron chi connectivity index (χ4n) is 4.52. The van der Waals surface area contributed by atoms with Crippen molar-refractivity contribution in [3.8, 4) is 22.6 Å². The number of aryl methyl sites for hydroxylation is 1. The predicted molar refractivity (Wildman–Crippen MR) is 149 cm³/mol. The van der Waals surface area contributed by atoms with Crippen LogP contribution in [0.5, 0.6) is 11.5 Å². The highest BCUT2D eigenvalue weighted by atomic mass is 35.5. The smallest absolute Gasteiger partial charge is 0.422 e. The van der Waals surface area contributed by atoms with E-state index in [0.717, 1.165) is 10.9 Å². The van der Waals surface area contributed by atoms with Gasteiger partial charge < -0.3 is 24.5 Å². The average Bonchev–Trinajstić information content (AvgIpc) is 3.29. The lowest BCUT2D eigenvalue weighted by Gasteiger charge is -2.24. The van der Waals surface area contributed by atoms with E-state index >= 15 is 0 Å². The molecule has 2 aromatic carbocycles. The Labute approximate surface area is 238 Å². The quantitative estimate of drug-likeness (QED) is 0.245. The van der Waals surface area contributed by atoms with Crippen molar-refractivity contribution in [2.24, 2.45) is 7.05 Å². The second-order valence-corrected chi connectivity index (χ2v) is 9.86. The van der Waals surface area contributed by atoms with Crippen molar-refractivity contribution in [3.63, 3.8) is 0 Å². The molecule has 218 valence electrons. The van der Waals surface area contributed by atoms with E-state index in [2.05, 4.69) is 15.4 Å². The zero-order valence-corrected chi connectivity index (χ0v) is 23.4. The molecule has 0 radical (unpaired) electrons. The number of fused-ring (bicyclic) bond motifs is 1. The molecule has 4 aromatic rings. The molecule has 0 spiro atoms. The summed E-state index contributed by atoms with van der Waals surface area (Å²) in [5.74, 6) is -1.77. The van der Waals surface area contributed by atoms with Gasteiger partial charge in [-0.15, -0.1) is 0 Å². The van der Waals surface area contributed by atoms with Gasteiger partial charge in [0.05, 0.1) is 24.6 Å². The molecule has 2 aromatic heterocycles. The second kappa shape index (κ2) is 12.2. The predicted octanol–water partition coefficient (Wildman–Crippen LogP) is 5.68. The first-order chi connectivity index (χ1) is 19.4. The molecule has 4 rings (SSSR count). The highest BCUT2D eigenvalue weighted by molar-refractivity contribution is 6.31. The van der Waals surface area contributed by atoms with Crippen LogP contribution in [0, 0.1) is 0 Å². The molecule has 0 saturated heterocycles. The molecule has 0 fully saturated rings. The number of aromatic nitrogens is 3. The van der Waals surface area contributed by atoms with Crippen LogP contribution in [0.25, 0.3) is 22.0 Å². The topological polar surface area (TPSA) is 107 Å². The van der Waals surface area contributed by atoms with Gasteiger partial charge in [0.25, 0.3) is 5.56 Å². The van der Waals surface area contributed by atoms with Crippen LogP contribution in [-0.2, 0) is 16.6 Å². The molecule has 2 N–H and O–H groups in total. The van der Waals surface area contributed by atoms with Gasteiger partial charge in [-0.2, -0.15) is 18.3 Å². The molecule has 13 heteroatoms. The molecule has 1 unspecified atom stereocenters. The van der Waals surface area contributed by atoms with Gasteiger partial charge in [0.2, 0.25) is 5.91 Å². The maximum atomic E-state index is 13.9. The highest BCUT2D eigenvalue weighted by Crippen LogP contribution is 2.43. The third-order valence-electron chi connectivity index (χ3n) is 6.44. The van der Waals surface area contributed by atoms with Gasteiger partial charge in [-0.25, -0.2) is 0 Å². The Morgan fingerprint density at radius 3 is 2.61 bits per heavy atom. The number of nitrogens with zero attached hydrogens (tertiary/aromatic N) is 2. The lowest BCUT2D eigenvalue weighted by molar-refractivity contribution is -0.153.